The van der Waals surface area contributed by atoms with Gasteiger partial charge in [-0.3, -0.25) is 19.5 Å². The number of amides is 1. The molecule has 2 fully saturated rings. The molecule has 2 aliphatic rings. The maximum absolute atomic E-state index is 12.4. The van der Waals surface area contributed by atoms with Gasteiger partial charge in [-0.15, -0.1) is 0 Å². The standard InChI is InChI=1S/C25H30N6O3/c1-2-18-12-21-22(29-24(18)32)11-17(13-26-21)15-30-6-8-31(9-7-30)23-4-3-19(14-27-23)25(33)28-20-5-10-34-16-20/h3-4,11-14,20H,2,5-10,15-16H2,1H3,(H,28,33)(H,29,32)/t20-/m1/s1. The van der Waals surface area contributed by atoms with E-state index in [1.807, 2.05) is 37.4 Å². The fourth-order valence-electron chi connectivity index (χ4n) is 4.53. The number of ether oxygens (including phenoxy) is 1. The average molecular weight is 463 g/mol. The van der Waals surface area contributed by atoms with E-state index in [1.165, 1.54) is 0 Å². The average Bonchev–Trinajstić information content (AvgIpc) is 3.37. The number of hydrogen-bond donors (Lipinski definition) is 2. The quantitative estimate of drug-likeness (QED) is 0.575. The Morgan fingerprint density at radius 2 is 2.03 bits per heavy atom. The fraction of sp³-hybridized carbons (Fsp3) is 0.440. The van der Waals surface area contributed by atoms with Crippen molar-refractivity contribution < 1.29 is 9.53 Å². The second kappa shape index (κ2) is 9.90. The van der Waals surface area contributed by atoms with Gasteiger partial charge >= 0.3 is 0 Å². The monoisotopic (exact) mass is 462 g/mol. The lowest BCUT2D eigenvalue weighted by Crippen LogP contribution is -2.46. The predicted octanol–water partition coefficient (Wildman–Crippen LogP) is 1.72. The minimum atomic E-state index is -0.101. The lowest BCUT2D eigenvalue weighted by molar-refractivity contribution is 0.0929. The molecule has 1 atom stereocenters. The highest BCUT2D eigenvalue weighted by molar-refractivity contribution is 5.94. The first-order valence-corrected chi connectivity index (χ1v) is 11.9. The van der Waals surface area contributed by atoms with E-state index in [4.69, 9.17) is 4.74 Å². The van der Waals surface area contributed by atoms with Crippen molar-refractivity contribution in [3.05, 3.63) is 63.7 Å². The molecule has 2 N–H and O–H groups in total. The maximum atomic E-state index is 12.4. The summed E-state index contributed by atoms with van der Waals surface area (Å²) in [5, 5.41) is 2.99. The minimum Gasteiger partial charge on any atom is -0.379 e. The van der Waals surface area contributed by atoms with Gasteiger partial charge in [0.1, 0.15) is 5.82 Å². The summed E-state index contributed by atoms with van der Waals surface area (Å²) in [4.78, 5) is 41.2. The van der Waals surface area contributed by atoms with Crippen LogP contribution in [0.5, 0.6) is 0 Å². The number of aromatic amines is 1. The summed E-state index contributed by atoms with van der Waals surface area (Å²) >= 11 is 0. The highest BCUT2D eigenvalue weighted by Gasteiger charge is 2.21. The Morgan fingerprint density at radius 1 is 1.18 bits per heavy atom. The van der Waals surface area contributed by atoms with Gasteiger partial charge in [0.05, 0.1) is 29.2 Å². The molecule has 0 unspecified atom stereocenters. The van der Waals surface area contributed by atoms with E-state index >= 15 is 0 Å². The number of piperazine rings is 1. The Morgan fingerprint density at radius 3 is 2.74 bits per heavy atom. The second-order valence-corrected chi connectivity index (χ2v) is 8.96. The molecule has 2 aliphatic heterocycles. The Kier molecular flexibility index (Phi) is 6.55. The molecular weight excluding hydrogens is 432 g/mol. The van der Waals surface area contributed by atoms with Gasteiger partial charge in [0.2, 0.25) is 0 Å². The molecule has 9 nitrogen and oxygen atoms in total. The topological polar surface area (TPSA) is 103 Å². The molecule has 0 saturated carbocycles. The van der Waals surface area contributed by atoms with Gasteiger partial charge in [0.25, 0.3) is 11.5 Å². The van der Waals surface area contributed by atoms with E-state index in [1.54, 1.807) is 6.20 Å². The third-order valence-corrected chi connectivity index (χ3v) is 6.58. The Bertz CT molecular complexity index is 1210. The van der Waals surface area contributed by atoms with Crippen LogP contribution in [0.2, 0.25) is 0 Å². The third-order valence-electron chi connectivity index (χ3n) is 6.58. The summed E-state index contributed by atoms with van der Waals surface area (Å²) in [6.45, 7) is 7.54. The van der Waals surface area contributed by atoms with Crippen LogP contribution in [0.4, 0.5) is 5.82 Å². The molecule has 178 valence electrons. The van der Waals surface area contributed by atoms with Gasteiger partial charge in [-0.05, 0) is 42.7 Å². The molecule has 0 aromatic carbocycles. The third kappa shape index (κ3) is 4.95. The van der Waals surface area contributed by atoms with Crippen LogP contribution in [0.3, 0.4) is 0 Å². The van der Waals surface area contributed by atoms with Crippen LogP contribution >= 0.6 is 0 Å². The van der Waals surface area contributed by atoms with E-state index in [2.05, 4.69) is 30.1 Å². The van der Waals surface area contributed by atoms with Crippen molar-refractivity contribution in [3.63, 3.8) is 0 Å². The fourth-order valence-corrected chi connectivity index (χ4v) is 4.53. The van der Waals surface area contributed by atoms with Gasteiger partial charge < -0.3 is 19.9 Å². The number of aromatic nitrogens is 3. The first-order chi connectivity index (χ1) is 16.6. The van der Waals surface area contributed by atoms with Crippen molar-refractivity contribution in [1.82, 2.24) is 25.2 Å². The normalized spacial score (nSPS) is 19.0. The van der Waals surface area contributed by atoms with E-state index in [0.717, 1.165) is 67.1 Å². The smallest absolute Gasteiger partial charge is 0.253 e. The molecule has 5 rings (SSSR count). The summed E-state index contributed by atoms with van der Waals surface area (Å²) in [7, 11) is 0. The Balaban J connectivity index is 1.16. The Hall–Kier alpha value is -3.30. The number of carbonyl (C=O) groups excluding carboxylic acids is 1. The van der Waals surface area contributed by atoms with Gasteiger partial charge in [0.15, 0.2) is 0 Å². The lowest BCUT2D eigenvalue weighted by Gasteiger charge is -2.35. The molecule has 2 saturated heterocycles. The van der Waals surface area contributed by atoms with E-state index in [9.17, 15) is 9.59 Å². The predicted molar refractivity (Wildman–Crippen MR) is 130 cm³/mol. The second-order valence-electron chi connectivity index (χ2n) is 8.96. The number of nitrogens with one attached hydrogen (secondary N) is 2. The van der Waals surface area contributed by atoms with Crippen molar-refractivity contribution in [2.45, 2.75) is 32.4 Å². The zero-order valence-electron chi connectivity index (χ0n) is 19.4. The van der Waals surface area contributed by atoms with Crippen LogP contribution in [0.1, 0.15) is 34.8 Å². The zero-order valence-corrected chi connectivity index (χ0v) is 19.4. The number of rotatable bonds is 6. The summed E-state index contributed by atoms with van der Waals surface area (Å²) in [5.74, 6) is 0.785. The van der Waals surface area contributed by atoms with Crippen LogP contribution in [-0.4, -0.2) is 71.2 Å². The number of anilines is 1. The van der Waals surface area contributed by atoms with Gasteiger partial charge in [-0.25, -0.2) is 4.98 Å². The molecule has 0 aliphatic carbocycles. The molecule has 9 heteroatoms. The number of nitrogens with zero attached hydrogens (tertiary/aromatic N) is 4. The summed E-state index contributed by atoms with van der Waals surface area (Å²) in [6, 6.07) is 7.75. The van der Waals surface area contributed by atoms with Crippen molar-refractivity contribution in [2.75, 3.05) is 44.3 Å². The molecule has 0 spiro atoms. The van der Waals surface area contributed by atoms with Crippen LogP contribution < -0.4 is 15.8 Å². The van der Waals surface area contributed by atoms with Gasteiger partial charge in [0, 0.05) is 57.3 Å². The molecular formula is C25H30N6O3. The molecule has 1 amide bonds. The van der Waals surface area contributed by atoms with Crippen molar-refractivity contribution in [2.24, 2.45) is 0 Å². The van der Waals surface area contributed by atoms with Crippen LogP contribution in [0, 0.1) is 0 Å². The molecule has 34 heavy (non-hydrogen) atoms. The first kappa shape index (κ1) is 22.5. The molecule has 3 aromatic heterocycles. The highest BCUT2D eigenvalue weighted by Crippen LogP contribution is 2.17. The summed E-state index contributed by atoms with van der Waals surface area (Å²) < 4.78 is 5.31. The molecule has 3 aromatic rings. The molecule has 5 heterocycles. The largest absolute Gasteiger partial charge is 0.379 e. The van der Waals surface area contributed by atoms with Crippen LogP contribution in [-0.2, 0) is 17.7 Å². The lowest BCUT2D eigenvalue weighted by atomic mass is 10.1. The summed E-state index contributed by atoms with van der Waals surface area (Å²) in [5.41, 5.74) is 3.99. The van der Waals surface area contributed by atoms with E-state index in [0.29, 0.717) is 25.2 Å². The van der Waals surface area contributed by atoms with E-state index in [-0.39, 0.29) is 17.5 Å². The Labute approximate surface area is 198 Å². The van der Waals surface area contributed by atoms with Gasteiger partial charge in [-0.1, -0.05) is 6.92 Å². The number of H-pyrrole nitrogens is 1. The van der Waals surface area contributed by atoms with Crippen molar-refractivity contribution in [1.29, 1.82) is 0 Å². The van der Waals surface area contributed by atoms with Gasteiger partial charge in [-0.2, -0.15) is 0 Å². The first-order valence-electron chi connectivity index (χ1n) is 11.9. The zero-order chi connectivity index (χ0) is 23.5. The van der Waals surface area contributed by atoms with Crippen LogP contribution in [0.25, 0.3) is 11.0 Å². The number of carbonyl (C=O) groups is 1. The van der Waals surface area contributed by atoms with Crippen molar-refractivity contribution in [3.8, 4) is 0 Å². The summed E-state index contributed by atoms with van der Waals surface area (Å²) in [6.07, 6.45) is 5.10. The molecule has 0 radical (unpaired) electrons. The molecule has 0 bridgehead atoms. The van der Waals surface area contributed by atoms with Crippen molar-refractivity contribution >= 4 is 22.8 Å². The van der Waals surface area contributed by atoms with E-state index < -0.39 is 0 Å². The van der Waals surface area contributed by atoms with Crippen LogP contribution in [0.15, 0.2) is 41.5 Å². The number of aryl methyl sites for hydroxylation is 1. The maximum Gasteiger partial charge on any atom is 0.253 e. The SMILES string of the molecule is CCc1cc2ncc(CN3CCN(c4ccc(C(=O)N[C@@H]5CCOC5)cn4)CC3)cc2[nH]c1=O. The minimum absolute atomic E-state index is 0.0360. The highest BCUT2D eigenvalue weighted by atomic mass is 16.5. The number of hydrogen-bond acceptors (Lipinski definition) is 7. The number of pyridine rings is 3. The number of fused-ring (bicyclic) bond motifs is 1.